The summed E-state index contributed by atoms with van der Waals surface area (Å²) in [5.41, 5.74) is 4.69. The molecular formula is C20H20CdN6O8. The number of aromatic nitrogens is 4. The summed E-state index contributed by atoms with van der Waals surface area (Å²) in [5.74, 6) is 0. The van der Waals surface area contributed by atoms with Crippen molar-refractivity contribution < 1.29 is 48.4 Å². The Hall–Kier alpha value is -4.16. The Bertz CT molecular complexity index is 882. The maximum absolute atomic E-state index is 8.25. The predicted molar refractivity (Wildman–Crippen MR) is 123 cm³/mol. The second kappa shape index (κ2) is 21.7. The van der Waals surface area contributed by atoms with Gasteiger partial charge in [0.1, 0.15) is 0 Å². The summed E-state index contributed by atoms with van der Waals surface area (Å²) in [6.45, 7) is 0. The molecule has 4 N–H and O–H groups in total. The van der Waals surface area contributed by atoms with E-state index in [0.717, 1.165) is 0 Å². The second-order valence-corrected chi connectivity index (χ2v) is 5.39. The zero-order chi connectivity index (χ0) is 23.6. The van der Waals surface area contributed by atoms with Gasteiger partial charge in [0.2, 0.25) is 0 Å². The molecule has 4 rings (SSSR count). The first-order chi connectivity index (χ1) is 15.4. The van der Waals surface area contributed by atoms with Crippen LogP contribution >= 0.6 is 0 Å². The minimum absolute atomic E-state index is 0. The van der Waals surface area contributed by atoms with Crippen LogP contribution in [-0.2, 0) is 27.3 Å². The molecule has 0 saturated carbocycles. The van der Waals surface area contributed by atoms with Crippen LogP contribution in [0.3, 0.4) is 0 Å². The minimum Gasteiger partial charge on any atom is -0.412 e. The molecule has 0 amide bonds. The molecule has 0 atom stereocenters. The zero-order valence-electron chi connectivity index (χ0n) is 18.1. The van der Waals surface area contributed by atoms with Gasteiger partial charge < -0.3 is 41.6 Å². The Labute approximate surface area is 219 Å². The standard InChI is InChI=1S/2C10H8N2.Cd.2NO3.2H2O/c2*1-5-11-6-2-9(1)10-3-7-12-8-4-10;;2*2-1(3)4;;/h2*1-8H;;;;2*1H2/q;;+2;2*-1;;. The largest absolute Gasteiger partial charge is 2.00 e. The van der Waals surface area contributed by atoms with E-state index in [9.17, 15) is 0 Å². The van der Waals surface area contributed by atoms with Crippen LogP contribution in [0.25, 0.3) is 22.3 Å². The van der Waals surface area contributed by atoms with Gasteiger partial charge in [0.25, 0.3) is 0 Å². The van der Waals surface area contributed by atoms with Crippen LogP contribution in [0.15, 0.2) is 98.1 Å². The van der Waals surface area contributed by atoms with E-state index < -0.39 is 10.2 Å². The molecule has 35 heavy (non-hydrogen) atoms. The van der Waals surface area contributed by atoms with Crippen LogP contribution in [0.1, 0.15) is 0 Å². The molecule has 4 aromatic rings. The average Bonchev–Trinajstić information content (AvgIpc) is 2.81. The quantitative estimate of drug-likeness (QED) is 0.188. The van der Waals surface area contributed by atoms with Gasteiger partial charge in [-0.15, -0.1) is 0 Å². The maximum Gasteiger partial charge on any atom is 2.00 e. The van der Waals surface area contributed by atoms with Crippen LogP contribution in [0, 0.1) is 30.6 Å². The third-order valence-corrected chi connectivity index (χ3v) is 3.39. The molecule has 14 nitrogen and oxygen atoms in total. The van der Waals surface area contributed by atoms with Crippen molar-refractivity contribution in [2.45, 2.75) is 0 Å². The van der Waals surface area contributed by atoms with E-state index in [4.69, 9.17) is 30.6 Å². The van der Waals surface area contributed by atoms with Gasteiger partial charge in [0.15, 0.2) is 0 Å². The first kappa shape index (κ1) is 35.4. The van der Waals surface area contributed by atoms with Gasteiger partial charge in [-0.3, -0.25) is 19.9 Å². The fourth-order valence-electron chi connectivity index (χ4n) is 2.18. The Kier molecular flexibility index (Phi) is 21.9. The Morgan fingerprint density at radius 3 is 0.657 bits per heavy atom. The van der Waals surface area contributed by atoms with Crippen LogP contribution in [0.5, 0.6) is 0 Å². The monoisotopic (exact) mass is 586 g/mol. The molecule has 0 fully saturated rings. The summed E-state index contributed by atoms with van der Waals surface area (Å²) < 4.78 is 0. The van der Waals surface area contributed by atoms with E-state index in [1.807, 2.05) is 48.5 Å². The van der Waals surface area contributed by atoms with E-state index in [1.165, 1.54) is 22.3 Å². The van der Waals surface area contributed by atoms with Gasteiger partial charge >= 0.3 is 27.3 Å². The summed E-state index contributed by atoms with van der Waals surface area (Å²) in [6, 6.07) is 15.9. The zero-order valence-corrected chi connectivity index (χ0v) is 22.1. The molecule has 0 spiro atoms. The van der Waals surface area contributed by atoms with Crippen molar-refractivity contribution >= 4 is 0 Å². The first-order valence-electron chi connectivity index (χ1n) is 8.64. The smallest absolute Gasteiger partial charge is 0.412 e. The Balaban J connectivity index is -0.000000424. The molecule has 0 unspecified atom stereocenters. The van der Waals surface area contributed by atoms with Crippen molar-refractivity contribution in [3.05, 3.63) is 129 Å². The third kappa shape index (κ3) is 18.0. The van der Waals surface area contributed by atoms with E-state index >= 15 is 0 Å². The molecule has 180 valence electrons. The normalized spacial score (nSPS) is 8.00. The van der Waals surface area contributed by atoms with E-state index in [1.54, 1.807) is 49.6 Å². The second-order valence-electron chi connectivity index (χ2n) is 5.39. The van der Waals surface area contributed by atoms with Gasteiger partial charge in [0, 0.05) is 49.6 Å². The summed E-state index contributed by atoms with van der Waals surface area (Å²) in [6.07, 6.45) is 14.3. The van der Waals surface area contributed by atoms with Crippen molar-refractivity contribution in [3.8, 4) is 22.3 Å². The van der Waals surface area contributed by atoms with Gasteiger partial charge in [0.05, 0.1) is 10.2 Å². The fourth-order valence-corrected chi connectivity index (χ4v) is 2.18. The molecule has 0 aliphatic heterocycles. The maximum atomic E-state index is 8.25. The topological polar surface area (TPSA) is 247 Å². The van der Waals surface area contributed by atoms with Crippen molar-refractivity contribution in [3.63, 3.8) is 0 Å². The molecule has 0 bridgehead atoms. The van der Waals surface area contributed by atoms with Crippen molar-refractivity contribution in [1.29, 1.82) is 0 Å². The number of nitrogens with zero attached hydrogens (tertiary/aromatic N) is 6. The van der Waals surface area contributed by atoms with Crippen LogP contribution in [-0.4, -0.2) is 41.1 Å². The van der Waals surface area contributed by atoms with Crippen molar-refractivity contribution in [2.24, 2.45) is 0 Å². The van der Waals surface area contributed by atoms with Crippen molar-refractivity contribution in [2.75, 3.05) is 0 Å². The van der Waals surface area contributed by atoms with Crippen LogP contribution in [0.4, 0.5) is 0 Å². The predicted octanol–water partition coefficient (Wildman–Crippen LogP) is 2.16. The van der Waals surface area contributed by atoms with E-state index in [-0.39, 0.29) is 38.3 Å². The third-order valence-electron chi connectivity index (χ3n) is 3.39. The fraction of sp³-hybridized carbons (Fsp3) is 0. The number of hydrogen-bond donors (Lipinski definition) is 0. The van der Waals surface area contributed by atoms with E-state index in [0.29, 0.717) is 0 Å². The van der Waals surface area contributed by atoms with Gasteiger partial charge in [-0.2, -0.15) is 0 Å². The Morgan fingerprint density at radius 1 is 0.429 bits per heavy atom. The average molecular weight is 585 g/mol. The van der Waals surface area contributed by atoms with Gasteiger partial charge in [-0.05, 0) is 70.8 Å². The number of rotatable bonds is 2. The van der Waals surface area contributed by atoms with Gasteiger partial charge in [-0.25, -0.2) is 0 Å². The molecule has 15 heteroatoms. The van der Waals surface area contributed by atoms with Crippen molar-refractivity contribution in [1.82, 2.24) is 19.9 Å². The molecule has 4 aromatic heterocycles. The first-order valence-corrected chi connectivity index (χ1v) is 8.64. The Morgan fingerprint density at radius 2 is 0.543 bits per heavy atom. The summed E-state index contributed by atoms with van der Waals surface area (Å²) in [5, 5.41) is 29.5. The molecule has 0 aliphatic rings. The molecule has 0 aromatic carbocycles. The summed E-state index contributed by atoms with van der Waals surface area (Å²) in [7, 11) is 0. The van der Waals surface area contributed by atoms with Gasteiger partial charge in [-0.1, -0.05) is 0 Å². The minimum atomic E-state index is -1.75. The molecular weight excluding hydrogens is 565 g/mol. The summed E-state index contributed by atoms with van der Waals surface area (Å²) in [4.78, 5) is 32.3. The molecule has 0 aliphatic carbocycles. The number of pyridine rings is 4. The SMILES string of the molecule is O.O.O=[N+]([O-])[O-].O=[N+]([O-])[O-].[Cd+2].c1cc(-c2ccncc2)ccn1.c1cc(-c2ccncc2)ccn1. The van der Waals surface area contributed by atoms with Crippen LogP contribution < -0.4 is 0 Å². The molecule has 4 heterocycles. The molecule has 0 saturated heterocycles. The number of hydrogen-bond acceptors (Lipinski definition) is 10. The van der Waals surface area contributed by atoms with E-state index in [2.05, 4.69) is 19.9 Å². The summed E-state index contributed by atoms with van der Waals surface area (Å²) >= 11 is 0. The van der Waals surface area contributed by atoms with Crippen LogP contribution in [0.2, 0.25) is 0 Å². The molecule has 0 radical (unpaired) electrons.